The highest BCUT2D eigenvalue weighted by Gasteiger charge is 2.26. The zero-order chi connectivity index (χ0) is 14.3. The average Bonchev–Trinajstić information content (AvgIpc) is 2.74. The van der Waals surface area contributed by atoms with Crippen LogP contribution in [0.2, 0.25) is 5.02 Å². The molecule has 20 heavy (non-hydrogen) atoms. The molecule has 1 aliphatic heterocycles. The Morgan fingerprint density at radius 3 is 2.55 bits per heavy atom. The Morgan fingerprint density at radius 2 is 1.85 bits per heavy atom. The number of hydrogen-bond acceptors (Lipinski definition) is 1. The van der Waals surface area contributed by atoms with Gasteiger partial charge in [0, 0.05) is 26.3 Å². The van der Waals surface area contributed by atoms with Gasteiger partial charge in [-0.2, -0.15) is 0 Å². The molecule has 1 amide bonds. The molecule has 1 aliphatic rings. The molecular formula is C16H11BrClNO. The first kappa shape index (κ1) is 13.4. The Kier molecular flexibility index (Phi) is 3.40. The number of benzene rings is 2. The van der Waals surface area contributed by atoms with Crippen molar-refractivity contribution in [3.8, 4) is 0 Å². The number of nitrogens with one attached hydrogen (secondary N) is 1. The summed E-state index contributed by atoms with van der Waals surface area (Å²) < 4.78 is 0.995. The highest BCUT2D eigenvalue weighted by molar-refractivity contribution is 9.10. The van der Waals surface area contributed by atoms with Gasteiger partial charge in [0.05, 0.1) is 0 Å². The van der Waals surface area contributed by atoms with Crippen molar-refractivity contribution in [3.05, 3.63) is 62.6 Å². The molecule has 0 aliphatic carbocycles. The van der Waals surface area contributed by atoms with Gasteiger partial charge in [0.25, 0.3) is 5.91 Å². The van der Waals surface area contributed by atoms with Crippen LogP contribution in [0, 0.1) is 6.92 Å². The number of fused-ring (bicyclic) bond motifs is 1. The highest BCUT2D eigenvalue weighted by atomic mass is 79.9. The lowest BCUT2D eigenvalue weighted by Crippen LogP contribution is -2.03. The van der Waals surface area contributed by atoms with E-state index in [1.165, 1.54) is 0 Å². The van der Waals surface area contributed by atoms with Gasteiger partial charge >= 0.3 is 0 Å². The molecule has 0 spiro atoms. The van der Waals surface area contributed by atoms with Crippen LogP contribution < -0.4 is 5.32 Å². The van der Waals surface area contributed by atoms with Gasteiger partial charge in [-0.1, -0.05) is 39.7 Å². The summed E-state index contributed by atoms with van der Waals surface area (Å²) >= 11 is 9.39. The first-order valence-corrected chi connectivity index (χ1v) is 7.31. The maximum Gasteiger partial charge on any atom is 0.256 e. The molecule has 1 N–H and O–H groups in total. The first-order valence-electron chi connectivity index (χ1n) is 6.14. The molecule has 2 aromatic rings. The molecule has 0 saturated carbocycles. The summed E-state index contributed by atoms with van der Waals surface area (Å²) in [5, 5.41) is 3.58. The van der Waals surface area contributed by atoms with Crippen LogP contribution in [0.25, 0.3) is 11.6 Å². The third kappa shape index (κ3) is 2.28. The van der Waals surface area contributed by atoms with E-state index in [9.17, 15) is 4.79 Å². The van der Waals surface area contributed by atoms with E-state index in [4.69, 9.17) is 11.6 Å². The minimum atomic E-state index is -0.0730. The summed E-state index contributed by atoms with van der Waals surface area (Å²) in [5.41, 5.74) is 4.50. The molecule has 4 heteroatoms. The van der Waals surface area contributed by atoms with E-state index in [0.717, 1.165) is 26.9 Å². The quantitative estimate of drug-likeness (QED) is 0.729. The second-order valence-electron chi connectivity index (χ2n) is 4.66. The van der Waals surface area contributed by atoms with E-state index >= 15 is 0 Å². The van der Waals surface area contributed by atoms with Crippen molar-refractivity contribution in [1.82, 2.24) is 0 Å². The van der Waals surface area contributed by atoms with Crippen LogP contribution >= 0.6 is 27.5 Å². The number of rotatable bonds is 1. The number of carbonyl (C=O) groups excluding carboxylic acids is 1. The zero-order valence-corrected chi connectivity index (χ0v) is 13.0. The molecule has 0 bridgehead atoms. The van der Waals surface area contributed by atoms with Crippen LogP contribution in [0.5, 0.6) is 0 Å². The predicted molar refractivity (Wildman–Crippen MR) is 86.8 cm³/mol. The molecule has 2 aromatic carbocycles. The Balaban J connectivity index is 2.14. The summed E-state index contributed by atoms with van der Waals surface area (Å²) in [5.74, 6) is -0.0730. The van der Waals surface area contributed by atoms with Gasteiger partial charge in [-0.25, -0.2) is 0 Å². The maximum absolute atomic E-state index is 12.1. The van der Waals surface area contributed by atoms with Crippen molar-refractivity contribution in [2.75, 3.05) is 5.32 Å². The van der Waals surface area contributed by atoms with Gasteiger partial charge < -0.3 is 5.32 Å². The highest BCUT2D eigenvalue weighted by Crippen LogP contribution is 2.38. The van der Waals surface area contributed by atoms with Gasteiger partial charge in [0.2, 0.25) is 0 Å². The third-order valence-corrected chi connectivity index (χ3v) is 4.45. The first-order chi connectivity index (χ1) is 9.56. The lowest BCUT2D eigenvalue weighted by Gasteiger charge is -2.06. The number of carbonyl (C=O) groups is 1. The molecule has 0 radical (unpaired) electrons. The zero-order valence-electron chi connectivity index (χ0n) is 10.7. The number of anilines is 1. The van der Waals surface area contributed by atoms with Crippen molar-refractivity contribution in [2.45, 2.75) is 6.92 Å². The van der Waals surface area contributed by atoms with E-state index in [-0.39, 0.29) is 5.91 Å². The van der Waals surface area contributed by atoms with E-state index in [1.807, 2.05) is 49.4 Å². The fourth-order valence-electron chi connectivity index (χ4n) is 2.30. The molecule has 0 saturated heterocycles. The summed E-state index contributed by atoms with van der Waals surface area (Å²) in [7, 11) is 0. The standard InChI is InChI=1S/C16H11BrClNO/c1-9-13(17)6-7-14-15(9)12(16(20)19-14)8-10-2-4-11(18)5-3-10/h2-8H,1H3,(H,19,20). The molecule has 2 nitrogen and oxygen atoms in total. The number of amides is 1. The molecule has 0 unspecified atom stereocenters. The fourth-order valence-corrected chi connectivity index (χ4v) is 2.76. The molecule has 100 valence electrons. The van der Waals surface area contributed by atoms with Gasteiger partial charge in [0.15, 0.2) is 0 Å². The van der Waals surface area contributed by atoms with Gasteiger partial charge in [-0.15, -0.1) is 0 Å². The lowest BCUT2D eigenvalue weighted by atomic mass is 9.99. The normalized spacial score (nSPS) is 15.3. The lowest BCUT2D eigenvalue weighted by molar-refractivity contribution is -0.110. The minimum absolute atomic E-state index is 0.0730. The molecule has 0 atom stereocenters. The van der Waals surface area contributed by atoms with Crippen LogP contribution in [-0.2, 0) is 4.79 Å². The van der Waals surface area contributed by atoms with Crippen molar-refractivity contribution in [2.24, 2.45) is 0 Å². The van der Waals surface area contributed by atoms with Crippen molar-refractivity contribution in [1.29, 1.82) is 0 Å². The van der Waals surface area contributed by atoms with Crippen LogP contribution in [0.4, 0.5) is 5.69 Å². The summed E-state index contributed by atoms with van der Waals surface area (Å²) in [6.45, 7) is 2.00. The average molecular weight is 349 g/mol. The number of halogens is 2. The summed E-state index contributed by atoms with van der Waals surface area (Å²) in [6, 6.07) is 11.3. The van der Waals surface area contributed by atoms with Gasteiger partial charge in [-0.3, -0.25) is 4.79 Å². The molecule has 0 aromatic heterocycles. The monoisotopic (exact) mass is 347 g/mol. The molecule has 1 heterocycles. The summed E-state index contributed by atoms with van der Waals surface area (Å²) in [6.07, 6.45) is 1.89. The van der Waals surface area contributed by atoms with Crippen molar-refractivity contribution >= 4 is 50.8 Å². The molecule has 0 fully saturated rings. The van der Waals surface area contributed by atoms with Crippen LogP contribution in [0.1, 0.15) is 16.7 Å². The topological polar surface area (TPSA) is 29.1 Å². The summed E-state index contributed by atoms with van der Waals surface area (Å²) in [4.78, 5) is 12.1. The second-order valence-corrected chi connectivity index (χ2v) is 5.95. The SMILES string of the molecule is Cc1c(Br)ccc2c1C(=Cc1ccc(Cl)cc1)C(=O)N2. The van der Waals surface area contributed by atoms with Crippen LogP contribution in [0.15, 0.2) is 40.9 Å². The smallest absolute Gasteiger partial charge is 0.256 e. The Labute approximate surface area is 130 Å². The largest absolute Gasteiger partial charge is 0.321 e. The van der Waals surface area contributed by atoms with Gasteiger partial charge in [-0.05, 0) is 48.4 Å². The maximum atomic E-state index is 12.1. The third-order valence-electron chi connectivity index (χ3n) is 3.34. The van der Waals surface area contributed by atoms with Crippen molar-refractivity contribution < 1.29 is 4.79 Å². The van der Waals surface area contributed by atoms with Crippen LogP contribution in [-0.4, -0.2) is 5.91 Å². The van der Waals surface area contributed by atoms with E-state index < -0.39 is 0 Å². The Hall–Kier alpha value is -1.58. The van der Waals surface area contributed by atoms with Crippen LogP contribution in [0.3, 0.4) is 0 Å². The van der Waals surface area contributed by atoms with Crippen molar-refractivity contribution in [3.63, 3.8) is 0 Å². The number of hydrogen-bond donors (Lipinski definition) is 1. The van der Waals surface area contributed by atoms with E-state index in [0.29, 0.717) is 10.6 Å². The minimum Gasteiger partial charge on any atom is -0.321 e. The van der Waals surface area contributed by atoms with E-state index in [2.05, 4.69) is 21.2 Å². The second kappa shape index (κ2) is 5.08. The predicted octanol–water partition coefficient (Wildman–Crippen LogP) is 4.90. The Morgan fingerprint density at radius 1 is 1.15 bits per heavy atom. The van der Waals surface area contributed by atoms with E-state index in [1.54, 1.807) is 0 Å². The van der Waals surface area contributed by atoms with Gasteiger partial charge in [0.1, 0.15) is 0 Å². The molecular weight excluding hydrogens is 338 g/mol. The Bertz CT molecular complexity index is 735. The fraction of sp³-hybridized carbons (Fsp3) is 0.0625. The molecule has 3 rings (SSSR count).